The number of aromatic hydroxyl groups is 1. The van der Waals surface area contributed by atoms with E-state index in [9.17, 15) is 9.90 Å². The number of hydrogen-bond donors (Lipinski definition) is 1. The average molecular weight is 490 g/mol. The molecule has 0 aliphatic rings. The fourth-order valence-corrected chi connectivity index (χ4v) is 2.33. The molecule has 0 saturated carbocycles. The first kappa shape index (κ1) is 33.8. The Morgan fingerprint density at radius 1 is 1.00 bits per heavy atom. The van der Waals surface area contributed by atoms with Crippen molar-refractivity contribution in [3.8, 4) is 28.4 Å². The molecule has 0 saturated heterocycles. The molecule has 14 heteroatoms. The Morgan fingerprint density at radius 2 is 1.53 bits per heavy atom. The van der Waals surface area contributed by atoms with Gasteiger partial charge in [-0.25, -0.2) is 0 Å². The third-order valence-corrected chi connectivity index (χ3v) is 4.15. The van der Waals surface area contributed by atoms with E-state index in [4.69, 9.17) is 38.1 Å². The first-order chi connectivity index (χ1) is 13.6. The topological polar surface area (TPSA) is 172 Å². The van der Waals surface area contributed by atoms with Crippen LogP contribution < -0.4 is 118 Å². The van der Waals surface area contributed by atoms with Crippen LogP contribution in [-0.4, -0.2) is 25.0 Å². The monoisotopic (exact) mass is 490 g/mol. The Morgan fingerprint density at radius 3 is 1.97 bits per heavy atom. The number of hydrogen-bond acceptors (Lipinski definition) is 10. The molecule has 0 fully saturated rings. The molecule has 0 atom stereocenters. The third-order valence-electron chi connectivity index (χ3n) is 3.70. The number of carbonyl (C=O) groups excluding carboxylic acids is 1. The number of methoxy groups -OCH3 is 2. The van der Waals surface area contributed by atoms with Crippen LogP contribution >= 0.6 is 7.60 Å². The number of phenols is 1. The van der Waals surface area contributed by atoms with Crippen LogP contribution in [0.4, 0.5) is 4.79 Å². The van der Waals surface area contributed by atoms with E-state index in [1.54, 1.807) is 31.4 Å². The Kier molecular flexibility index (Phi) is 15.7. The molecule has 32 heavy (non-hydrogen) atoms. The number of phenolic OH excluding ortho intramolecular Hbond substituents is 1. The summed E-state index contributed by atoms with van der Waals surface area (Å²) in [5.41, 5.74) is -1.37. The van der Waals surface area contributed by atoms with Crippen molar-refractivity contribution < 1.29 is 132 Å². The molecular weight excluding hydrogens is 476 g/mol. The molecule has 0 amide bonds. The zero-order chi connectivity index (χ0) is 21.8. The van der Waals surface area contributed by atoms with E-state index in [1.807, 2.05) is 0 Å². The standard InChI is InChI=1S/C17H14O5.CH3O5P.3Na/c1-20-11-5-3-10(4-6-11)13-9-22-16-12(15(13)19)7-8-14(18)17(16)21-2;2-1(3)7(4,5)6;;;/h3-9,18H,1-2H3;(H,2,3)(H2,4,5,6);;;/q;;3*+1/p-3. The minimum absolute atomic E-state index is 0. The van der Waals surface area contributed by atoms with Gasteiger partial charge in [0.25, 0.3) is 0 Å². The molecule has 1 heterocycles. The van der Waals surface area contributed by atoms with Gasteiger partial charge in [-0.3, -0.25) is 4.79 Å². The molecule has 1 aromatic heterocycles. The van der Waals surface area contributed by atoms with Crippen molar-refractivity contribution in [3.63, 3.8) is 0 Å². The van der Waals surface area contributed by atoms with E-state index in [2.05, 4.69) is 0 Å². The number of fused-ring (bicyclic) bond motifs is 1. The number of ether oxygens (including phenoxy) is 2. The fraction of sp³-hybridized carbons (Fsp3) is 0.111. The van der Waals surface area contributed by atoms with Gasteiger partial charge in [-0.1, -0.05) is 12.1 Å². The van der Waals surface area contributed by atoms with E-state index in [-0.39, 0.29) is 111 Å². The van der Waals surface area contributed by atoms with Crippen LogP contribution in [0.2, 0.25) is 0 Å². The molecule has 0 radical (unpaired) electrons. The van der Waals surface area contributed by atoms with E-state index >= 15 is 0 Å². The molecule has 0 unspecified atom stereocenters. The van der Waals surface area contributed by atoms with E-state index in [0.29, 0.717) is 16.7 Å². The molecule has 3 rings (SSSR count). The number of carboxylic acid groups (broad SMARTS) is 1. The molecule has 0 spiro atoms. The summed E-state index contributed by atoms with van der Waals surface area (Å²) in [6, 6.07) is 10.1. The van der Waals surface area contributed by atoms with E-state index in [1.165, 1.54) is 25.5 Å². The second-order valence-corrected chi connectivity index (χ2v) is 6.83. The number of benzene rings is 2. The van der Waals surface area contributed by atoms with Crippen molar-refractivity contribution in [1.29, 1.82) is 0 Å². The zero-order valence-electron chi connectivity index (χ0n) is 18.1. The predicted octanol–water partition coefficient (Wildman–Crippen LogP) is -8.56. The van der Waals surface area contributed by atoms with Gasteiger partial charge in [-0.2, -0.15) is 0 Å². The third kappa shape index (κ3) is 8.47. The van der Waals surface area contributed by atoms with Crippen molar-refractivity contribution in [3.05, 3.63) is 52.9 Å². The maximum absolute atomic E-state index is 12.6. The zero-order valence-corrected chi connectivity index (χ0v) is 25.0. The summed E-state index contributed by atoms with van der Waals surface area (Å²) in [6.07, 6.45) is 1.37. The van der Waals surface area contributed by atoms with Gasteiger partial charge in [0.15, 0.2) is 11.3 Å². The van der Waals surface area contributed by atoms with Crippen LogP contribution in [0.3, 0.4) is 0 Å². The second-order valence-electron chi connectivity index (χ2n) is 5.46. The average Bonchev–Trinajstić information content (AvgIpc) is 2.68. The van der Waals surface area contributed by atoms with Gasteiger partial charge in [0.1, 0.15) is 12.0 Å². The Balaban J connectivity index is 0. The van der Waals surface area contributed by atoms with Gasteiger partial charge in [-0.15, -0.1) is 0 Å². The van der Waals surface area contributed by atoms with Gasteiger partial charge >= 0.3 is 88.7 Å². The van der Waals surface area contributed by atoms with Crippen LogP contribution in [0, 0.1) is 0 Å². The predicted molar refractivity (Wildman–Crippen MR) is 95.7 cm³/mol. The molecule has 0 bridgehead atoms. The van der Waals surface area contributed by atoms with E-state index in [0.717, 1.165) is 5.56 Å². The van der Waals surface area contributed by atoms with Crippen molar-refractivity contribution >= 4 is 24.3 Å². The normalized spacial score (nSPS) is 9.75. The van der Waals surface area contributed by atoms with Gasteiger partial charge < -0.3 is 43.3 Å². The van der Waals surface area contributed by atoms with Gasteiger partial charge in [0.05, 0.1) is 30.9 Å². The first-order valence-corrected chi connectivity index (χ1v) is 9.34. The molecular formula is C18H14Na3O10P. The quantitative estimate of drug-likeness (QED) is 0.273. The summed E-state index contributed by atoms with van der Waals surface area (Å²) in [7, 11) is -2.44. The summed E-state index contributed by atoms with van der Waals surface area (Å²) in [4.78, 5) is 39.9. The SMILES string of the molecule is COc1ccc(-c2coc3c(OC)c(O)ccc3c2=O)cc1.O=C([O-])P(=O)([O-])[O-].[Na+].[Na+].[Na+]. The van der Waals surface area contributed by atoms with Gasteiger partial charge in [-0.05, 0) is 37.4 Å². The Bertz CT molecular complexity index is 1140. The molecule has 154 valence electrons. The van der Waals surface area contributed by atoms with Gasteiger partial charge in [0.2, 0.25) is 11.2 Å². The molecule has 1 N–H and O–H groups in total. The summed E-state index contributed by atoms with van der Waals surface area (Å²) in [5.74, 6) is 0.784. The minimum atomic E-state index is -5.43. The van der Waals surface area contributed by atoms with E-state index < -0.39 is 13.3 Å². The van der Waals surface area contributed by atoms with Crippen LogP contribution in [-0.2, 0) is 4.57 Å². The van der Waals surface area contributed by atoms with Crippen LogP contribution in [0.1, 0.15) is 0 Å². The molecule has 0 aliphatic heterocycles. The minimum Gasteiger partial charge on any atom is -0.807 e. The van der Waals surface area contributed by atoms with Crippen molar-refractivity contribution in [2.24, 2.45) is 0 Å². The van der Waals surface area contributed by atoms with Gasteiger partial charge in [0, 0.05) is 0 Å². The first-order valence-electron chi connectivity index (χ1n) is 7.79. The number of rotatable bonds is 4. The fourth-order valence-electron chi connectivity index (χ4n) is 2.33. The second kappa shape index (κ2) is 14.8. The smallest absolute Gasteiger partial charge is 0.807 e. The van der Waals surface area contributed by atoms with Crippen molar-refractivity contribution in [2.45, 2.75) is 0 Å². The maximum atomic E-state index is 12.6. The summed E-state index contributed by atoms with van der Waals surface area (Å²) in [5, 5.41) is 19.1. The summed E-state index contributed by atoms with van der Waals surface area (Å²) < 4.78 is 24.9. The largest absolute Gasteiger partial charge is 1.00 e. The Hall–Kier alpha value is -0.330. The molecule has 3 aromatic rings. The van der Waals surface area contributed by atoms with Crippen molar-refractivity contribution in [2.75, 3.05) is 14.2 Å². The summed E-state index contributed by atoms with van der Waals surface area (Å²) >= 11 is 0. The van der Waals surface area contributed by atoms with Crippen LogP contribution in [0.5, 0.6) is 17.2 Å². The van der Waals surface area contributed by atoms with Crippen molar-refractivity contribution in [1.82, 2.24) is 0 Å². The molecule has 2 aromatic carbocycles. The van der Waals surface area contributed by atoms with Crippen LogP contribution in [0.15, 0.2) is 51.9 Å². The van der Waals surface area contributed by atoms with Crippen LogP contribution in [0.25, 0.3) is 22.1 Å². The molecule has 0 aliphatic carbocycles. The Labute approximate surface area is 249 Å². The summed E-state index contributed by atoms with van der Waals surface area (Å²) in [6.45, 7) is 0. The maximum Gasteiger partial charge on any atom is 1.00 e. The molecule has 10 nitrogen and oxygen atoms in total. The number of carbonyl (C=O) groups is 1.